The summed E-state index contributed by atoms with van der Waals surface area (Å²) in [4.78, 5) is 0. The van der Waals surface area contributed by atoms with Gasteiger partial charge in [-0.1, -0.05) is 43.0 Å². The highest BCUT2D eigenvalue weighted by Crippen LogP contribution is 2.36. The number of benzene rings is 1. The van der Waals surface area contributed by atoms with Crippen molar-refractivity contribution in [3.8, 4) is 0 Å². The van der Waals surface area contributed by atoms with E-state index in [9.17, 15) is 0 Å². The molecule has 0 aliphatic heterocycles. The number of nitrogens with one attached hydrogen (secondary N) is 1. The van der Waals surface area contributed by atoms with Gasteiger partial charge in [0.1, 0.15) is 0 Å². The number of nitrogens with zero attached hydrogens (tertiary/aromatic N) is 1. The van der Waals surface area contributed by atoms with Gasteiger partial charge in [0.05, 0.1) is 5.71 Å². The summed E-state index contributed by atoms with van der Waals surface area (Å²) < 4.78 is 0. The highest BCUT2D eigenvalue weighted by atomic mass is 35.5. The summed E-state index contributed by atoms with van der Waals surface area (Å²) in [6.07, 6.45) is 6.45. The Bertz CT molecular complexity index is 522. The number of halogens is 1. The monoisotopic (exact) mass is 309 g/mol. The van der Waals surface area contributed by atoms with Crippen molar-refractivity contribution >= 4 is 34.6 Å². The van der Waals surface area contributed by atoms with Gasteiger partial charge in [0, 0.05) is 5.02 Å². The maximum absolute atomic E-state index is 6.44. The molecule has 0 spiro atoms. The van der Waals surface area contributed by atoms with Crippen molar-refractivity contribution in [3.05, 3.63) is 34.3 Å². The maximum atomic E-state index is 6.44. The lowest BCUT2D eigenvalue weighted by Crippen LogP contribution is -2.25. The lowest BCUT2D eigenvalue weighted by molar-refractivity contribution is 0.444. The van der Waals surface area contributed by atoms with E-state index in [1.807, 2.05) is 13.0 Å². The van der Waals surface area contributed by atoms with Gasteiger partial charge in [0.25, 0.3) is 0 Å². The van der Waals surface area contributed by atoms with Crippen LogP contribution in [0.1, 0.15) is 56.1 Å². The number of thiocarbonyl (C=S) groups is 1. The van der Waals surface area contributed by atoms with Crippen molar-refractivity contribution < 1.29 is 0 Å². The SMILES string of the molecule is CC(=NNC(N)=S)c1ccc(C2CCCCC2)c(Cl)c1. The Kier molecular flexibility index (Phi) is 5.38. The quantitative estimate of drug-likeness (QED) is 0.505. The van der Waals surface area contributed by atoms with E-state index in [0.717, 1.165) is 16.3 Å². The average Bonchev–Trinajstić information content (AvgIpc) is 2.45. The lowest BCUT2D eigenvalue weighted by atomic mass is 9.84. The molecule has 0 bridgehead atoms. The van der Waals surface area contributed by atoms with E-state index in [0.29, 0.717) is 5.92 Å². The molecule has 108 valence electrons. The van der Waals surface area contributed by atoms with E-state index >= 15 is 0 Å². The Hall–Kier alpha value is -1.13. The van der Waals surface area contributed by atoms with Crippen molar-refractivity contribution in [2.24, 2.45) is 10.8 Å². The lowest BCUT2D eigenvalue weighted by Gasteiger charge is -2.23. The first-order valence-electron chi connectivity index (χ1n) is 6.97. The summed E-state index contributed by atoms with van der Waals surface area (Å²) >= 11 is 11.2. The smallest absolute Gasteiger partial charge is 0.184 e. The van der Waals surface area contributed by atoms with Gasteiger partial charge < -0.3 is 5.73 Å². The third-order valence-electron chi connectivity index (χ3n) is 3.80. The Labute approximate surface area is 130 Å². The maximum Gasteiger partial charge on any atom is 0.184 e. The van der Waals surface area contributed by atoms with Gasteiger partial charge in [-0.3, -0.25) is 5.43 Å². The molecule has 1 aromatic rings. The number of hydrogen-bond acceptors (Lipinski definition) is 2. The molecule has 0 amide bonds. The molecule has 2 rings (SSSR count). The van der Waals surface area contributed by atoms with Crippen LogP contribution < -0.4 is 11.2 Å². The van der Waals surface area contributed by atoms with Crippen LogP contribution in [0.3, 0.4) is 0 Å². The van der Waals surface area contributed by atoms with Crippen LogP contribution in [0.25, 0.3) is 0 Å². The largest absolute Gasteiger partial charge is 0.375 e. The minimum Gasteiger partial charge on any atom is -0.375 e. The van der Waals surface area contributed by atoms with Gasteiger partial charge in [0.2, 0.25) is 0 Å². The summed E-state index contributed by atoms with van der Waals surface area (Å²) in [6.45, 7) is 1.90. The molecule has 3 nitrogen and oxygen atoms in total. The highest BCUT2D eigenvalue weighted by Gasteiger charge is 2.18. The van der Waals surface area contributed by atoms with Gasteiger partial charge in [0.15, 0.2) is 5.11 Å². The van der Waals surface area contributed by atoms with E-state index in [1.165, 1.54) is 37.7 Å². The first kappa shape index (κ1) is 15.3. The van der Waals surface area contributed by atoms with Crippen molar-refractivity contribution in [2.75, 3.05) is 0 Å². The van der Waals surface area contributed by atoms with Crippen LogP contribution in [0.15, 0.2) is 23.3 Å². The molecule has 0 radical (unpaired) electrons. The van der Waals surface area contributed by atoms with Crippen molar-refractivity contribution in [1.29, 1.82) is 0 Å². The van der Waals surface area contributed by atoms with E-state index in [1.54, 1.807) is 0 Å². The van der Waals surface area contributed by atoms with Gasteiger partial charge in [-0.2, -0.15) is 5.10 Å². The molecule has 0 heterocycles. The van der Waals surface area contributed by atoms with Crippen molar-refractivity contribution in [3.63, 3.8) is 0 Å². The predicted octanol–water partition coefficient (Wildman–Crippen LogP) is 3.94. The fraction of sp³-hybridized carbons (Fsp3) is 0.467. The second-order valence-corrected chi connectivity index (χ2v) is 6.09. The summed E-state index contributed by atoms with van der Waals surface area (Å²) in [5, 5.41) is 5.11. The molecule has 20 heavy (non-hydrogen) atoms. The van der Waals surface area contributed by atoms with Crippen molar-refractivity contribution in [2.45, 2.75) is 44.9 Å². The number of hydrazone groups is 1. The summed E-state index contributed by atoms with van der Waals surface area (Å²) in [5.74, 6) is 0.609. The first-order valence-corrected chi connectivity index (χ1v) is 7.76. The molecule has 1 fully saturated rings. The fourth-order valence-corrected chi connectivity index (χ4v) is 3.08. The Morgan fingerprint density at radius 1 is 1.35 bits per heavy atom. The third kappa shape index (κ3) is 3.93. The van der Waals surface area contributed by atoms with E-state index in [4.69, 9.17) is 29.6 Å². The van der Waals surface area contributed by atoms with Crippen molar-refractivity contribution in [1.82, 2.24) is 5.43 Å². The highest BCUT2D eigenvalue weighted by molar-refractivity contribution is 7.80. The van der Waals surface area contributed by atoms with Crippen LogP contribution in [0.2, 0.25) is 5.02 Å². The second-order valence-electron chi connectivity index (χ2n) is 5.24. The van der Waals surface area contributed by atoms with Crippen LogP contribution in [0.5, 0.6) is 0 Å². The molecule has 1 aliphatic rings. The molecule has 0 unspecified atom stereocenters. The minimum atomic E-state index is 0.161. The molecule has 0 aromatic heterocycles. The molecule has 1 saturated carbocycles. The summed E-state index contributed by atoms with van der Waals surface area (Å²) in [7, 11) is 0. The zero-order valence-corrected chi connectivity index (χ0v) is 13.2. The van der Waals surface area contributed by atoms with E-state index in [2.05, 4.69) is 22.7 Å². The second kappa shape index (κ2) is 7.04. The molecule has 1 aromatic carbocycles. The standard InChI is InChI=1S/C15H20ClN3S/c1-10(18-19-15(17)20)12-7-8-13(14(16)9-12)11-5-3-2-4-6-11/h7-9,11H,2-6H2,1H3,(H3,17,19,20). The fourth-order valence-electron chi connectivity index (χ4n) is 2.70. The Morgan fingerprint density at radius 3 is 2.65 bits per heavy atom. The predicted molar refractivity (Wildman–Crippen MR) is 89.4 cm³/mol. The number of nitrogens with two attached hydrogens (primary N) is 1. The van der Waals surface area contributed by atoms with Crippen LogP contribution >= 0.6 is 23.8 Å². The van der Waals surface area contributed by atoms with Gasteiger partial charge in [-0.15, -0.1) is 0 Å². The van der Waals surface area contributed by atoms with Gasteiger partial charge >= 0.3 is 0 Å². The Morgan fingerprint density at radius 2 is 2.05 bits per heavy atom. The van der Waals surface area contributed by atoms with Gasteiger partial charge in [-0.05, 0) is 55.1 Å². The Balaban J connectivity index is 2.16. The average molecular weight is 310 g/mol. The molecule has 1 aliphatic carbocycles. The van der Waals surface area contributed by atoms with Crippen LogP contribution in [-0.2, 0) is 0 Å². The molecular weight excluding hydrogens is 290 g/mol. The number of rotatable bonds is 3. The molecule has 3 N–H and O–H groups in total. The first-order chi connectivity index (χ1) is 9.58. The minimum absolute atomic E-state index is 0.161. The topological polar surface area (TPSA) is 50.4 Å². The van der Waals surface area contributed by atoms with Crippen LogP contribution in [0.4, 0.5) is 0 Å². The summed E-state index contributed by atoms with van der Waals surface area (Å²) in [6, 6.07) is 6.18. The normalized spacial score (nSPS) is 17.0. The van der Waals surface area contributed by atoms with E-state index < -0.39 is 0 Å². The van der Waals surface area contributed by atoms with Crippen LogP contribution in [-0.4, -0.2) is 10.8 Å². The zero-order valence-electron chi connectivity index (χ0n) is 11.7. The third-order valence-corrected chi connectivity index (χ3v) is 4.22. The van der Waals surface area contributed by atoms with Crippen LogP contribution in [0, 0.1) is 0 Å². The summed E-state index contributed by atoms with van der Waals surface area (Å²) in [5.41, 5.74) is 11.0. The van der Waals surface area contributed by atoms with E-state index in [-0.39, 0.29) is 5.11 Å². The molecule has 5 heteroatoms. The number of hydrogen-bond donors (Lipinski definition) is 2. The molecule has 0 saturated heterocycles. The van der Waals surface area contributed by atoms with Gasteiger partial charge in [-0.25, -0.2) is 0 Å². The molecule has 0 atom stereocenters. The zero-order chi connectivity index (χ0) is 14.5. The molecular formula is C15H20ClN3S.